The molecule has 88 valence electrons. The summed E-state index contributed by atoms with van der Waals surface area (Å²) in [6, 6.07) is 7.94. The quantitative estimate of drug-likeness (QED) is 0.651. The van der Waals surface area contributed by atoms with Crippen molar-refractivity contribution in [2.45, 2.75) is 26.4 Å². The van der Waals surface area contributed by atoms with E-state index in [9.17, 15) is 0 Å². The number of halogens is 1. The molecule has 4 heteroatoms. The number of nitrogens with zero attached hydrogens (tertiary/aromatic N) is 2. The van der Waals surface area contributed by atoms with Crippen molar-refractivity contribution in [2.75, 3.05) is 7.05 Å². The molecule has 0 atom stereocenters. The summed E-state index contributed by atoms with van der Waals surface area (Å²) in [5.74, 6) is 0.560. The summed E-state index contributed by atoms with van der Waals surface area (Å²) in [7, 11) is 1.93. The third-order valence-corrected chi connectivity index (χ3v) is 2.37. The fraction of sp³-hybridized carbons (Fsp3) is 0.417. The molecule has 0 saturated heterocycles. The largest absolute Gasteiger partial charge is 0.370 e. The van der Waals surface area contributed by atoms with Gasteiger partial charge in [0, 0.05) is 24.7 Å². The lowest BCUT2D eigenvalue weighted by molar-refractivity contribution is 0.489. The molecule has 1 aromatic carbocycles. The average Bonchev–Trinajstić information content (AvgIpc) is 2.20. The van der Waals surface area contributed by atoms with E-state index < -0.39 is 0 Å². The zero-order chi connectivity index (χ0) is 12.1. The second-order valence-electron chi connectivity index (χ2n) is 4.06. The first kappa shape index (κ1) is 12.8. The topological polar surface area (TPSA) is 41.6 Å². The molecular formula is C12H18ClN3. The summed E-state index contributed by atoms with van der Waals surface area (Å²) in [6.45, 7) is 4.74. The van der Waals surface area contributed by atoms with Gasteiger partial charge in [-0.25, -0.2) is 0 Å². The molecule has 1 rings (SSSR count). The van der Waals surface area contributed by atoms with Crippen LogP contribution in [0, 0.1) is 0 Å². The Morgan fingerprint density at radius 2 is 1.94 bits per heavy atom. The van der Waals surface area contributed by atoms with Crippen molar-refractivity contribution in [2.24, 2.45) is 10.7 Å². The van der Waals surface area contributed by atoms with Crippen LogP contribution in [0.4, 0.5) is 0 Å². The van der Waals surface area contributed by atoms with Gasteiger partial charge in [-0.05, 0) is 31.5 Å². The number of aliphatic imine (C=N–C) groups is 1. The third kappa shape index (κ3) is 4.11. The van der Waals surface area contributed by atoms with Crippen molar-refractivity contribution >= 4 is 17.6 Å². The Bertz CT molecular complexity index is 357. The summed E-state index contributed by atoms with van der Waals surface area (Å²) in [5, 5.41) is 0.746. The van der Waals surface area contributed by atoms with E-state index in [1.807, 2.05) is 50.1 Å². The number of hydrogen-bond acceptors (Lipinski definition) is 1. The lowest BCUT2D eigenvalue weighted by Crippen LogP contribution is -2.34. The molecule has 0 amide bonds. The van der Waals surface area contributed by atoms with E-state index >= 15 is 0 Å². The monoisotopic (exact) mass is 239 g/mol. The SMILES string of the molecule is CC(C)N=C(N)N(C)Cc1ccc(Cl)cc1. The van der Waals surface area contributed by atoms with E-state index in [1.54, 1.807) is 0 Å². The van der Waals surface area contributed by atoms with Gasteiger partial charge in [-0.1, -0.05) is 23.7 Å². The number of rotatable bonds is 3. The summed E-state index contributed by atoms with van der Waals surface area (Å²) < 4.78 is 0. The van der Waals surface area contributed by atoms with Crippen LogP contribution < -0.4 is 5.73 Å². The second kappa shape index (κ2) is 5.75. The minimum absolute atomic E-state index is 0.215. The lowest BCUT2D eigenvalue weighted by atomic mass is 10.2. The van der Waals surface area contributed by atoms with Gasteiger partial charge >= 0.3 is 0 Å². The maximum absolute atomic E-state index is 5.85. The van der Waals surface area contributed by atoms with Gasteiger partial charge in [-0.15, -0.1) is 0 Å². The zero-order valence-corrected chi connectivity index (χ0v) is 10.7. The van der Waals surface area contributed by atoms with Crippen LogP contribution in [0.1, 0.15) is 19.4 Å². The molecule has 0 saturated carbocycles. The highest BCUT2D eigenvalue weighted by molar-refractivity contribution is 6.30. The summed E-state index contributed by atoms with van der Waals surface area (Å²) in [4.78, 5) is 6.21. The van der Waals surface area contributed by atoms with Crippen molar-refractivity contribution in [3.05, 3.63) is 34.9 Å². The molecule has 0 aliphatic heterocycles. The van der Waals surface area contributed by atoms with E-state index in [0.717, 1.165) is 17.1 Å². The molecule has 0 aromatic heterocycles. The Morgan fingerprint density at radius 3 is 2.44 bits per heavy atom. The molecule has 3 nitrogen and oxygen atoms in total. The normalized spacial score (nSPS) is 11.9. The van der Waals surface area contributed by atoms with E-state index in [1.165, 1.54) is 0 Å². The Balaban J connectivity index is 2.64. The van der Waals surface area contributed by atoms with Crippen LogP contribution in [0.5, 0.6) is 0 Å². The highest BCUT2D eigenvalue weighted by Crippen LogP contribution is 2.10. The van der Waals surface area contributed by atoms with E-state index in [-0.39, 0.29) is 6.04 Å². The molecule has 0 aliphatic carbocycles. The minimum atomic E-state index is 0.215. The van der Waals surface area contributed by atoms with Crippen LogP contribution in [0.2, 0.25) is 5.02 Å². The Kier molecular flexibility index (Phi) is 4.62. The zero-order valence-electron chi connectivity index (χ0n) is 9.94. The van der Waals surface area contributed by atoms with Crippen LogP contribution in [-0.2, 0) is 6.54 Å². The van der Waals surface area contributed by atoms with Crippen LogP contribution >= 0.6 is 11.6 Å². The molecule has 0 spiro atoms. The van der Waals surface area contributed by atoms with E-state index in [2.05, 4.69) is 4.99 Å². The predicted octanol–water partition coefficient (Wildman–Crippen LogP) is 2.49. The Hall–Kier alpha value is -1.22. The van der Waals surface area contributed by atoms with Gasteiger partial charge in [-0.2, -0.15) is 0 Å². The van der Waals surface area contributed by atoms with Gasteiger partial charge < -0.3 is 10.6 Å². The van der Waals surface area contributed by atoms with E-state index in [4.69, 9.17) is 17.3 Å². The minimum Gasteiger partial charge on any atom is -0.370 e. The van der Waals surface area contributed by atoms with Crippen LogP contribution in [0.3, 0.4) is 0 Å². The van der Waals surface area contributed by atoms with Crippen molar-refractivity contribution in [3.63, 3.8) is 0 Å². The van der Waals surface area contributed by atoms with Gasteiger partial charge in [0.25, 0.3) is 0 Å². The fourth-order valence-corrected chi connectivity index (χ4v) is 1.43. The maximum atomic E-state index is 5.85. The summed E-state index contributed by atoms with van der Waals surface area (Å²) in [5.41, 5.74) is 7.01. The molecule has 0 bridgehead atoms. The van der Waals surface area contributed by atoms with E-state index in [0.29, 0.717) is 5.96 Å². The molecule has 1 aromatic rings. The number of nitrogens with two attached hydrogens (primary N) is 1. The second-order valence-corrected chi connectivity index (χ2v) is 4.50. The van der Waals surface area contributed by atoms with Crippen molar-refractivity contribution in [1.29, 1.82) is 0 Å². The number of benzene rings is 1. The molecule has 0 aliphatic rings. The Labute approximate surface area is 102 Å². The molecule has 2 N–H and O–H groups in total. The fourth-order valence-electron chi connectivity index (χ4n) is 1.31. The first-order valence-electron chi connectivity index (χ1n) is 5.28. The first-order valence-corrected chi connectivity index (χ1v) is 5.65. The molecule has 0 heterocycles. The molecular weight excluding hydrogens is 222 g/mol. The van der Waals surface area contributed by atoms with Crippen LogP contribution in [0.15, 0.2) is 29.3 Å². The van der Waals surface area contributed by atoms with Crippen molar-refractivity contribution < 1.29 is 0 Å². The van der Waals surface area contributed by atoms with Crippen LogP contribution in [0.25, 0.3) is 0 Å². The van der Waals surface area contributed by atoms with Crippen molar-refractivity contribution in [3.8, 4) is 0 Å². The lowest BCUT2D eigenvalue weighted by Gasteiger charge is -2.18. The smallest absolute Gasteiger partial charge is 0.191 e. The van der Waals surface area contributed by atoms with Crippen molar-refractivity contribution in [1.82, 2.24) is 4.90 Å². The predicted molar refractivity (Wildman–Crippen MR) is 69.7 cm³/mol. The highest BCUT2D eigenvalue weighted by Gasteiger charge is 2.03. The van der Waals surface area contributed by atoms with Gasteiger partial charge in [0.05, 0.1) is 0 Å². The maximum Gasteiger partial charge on any atom is 0.191 e. The van der Waals surface area contributed by atoms with Gasteiger partial charge in [0.1, 0.15) is 0 Å². The molecule has 16 heavy (non-hydrogen) atoms. The molecule has 0 fully saturated rings. The number of guanidine groups is 1. The first-order chi connectivity index (χ1) is 7.49. The molecule has 0 unspecified atom stereocenters. The summed E-state index contributed by atoms with van der Waals surface area (Å²) in [6.07, 6.45) is 0. The third-order valence-electron chi connectivity index (χ3n) is 2.11. The van der Waals surface area contributed by atoms with Gasteiger partial charge in [0.15, 0.2) is 5.96 Å². The van der Waals surface area contributed by atoms with Gasteiger partial charge in [-0.3, -0.25) is 4.99 Å². The average molecular weight is 240 g/mol. The highest BCUT2D eigenvalue weighted by atomic mass is 35.5. The van der Waals surface area contributed by atoms with Crippen LogP contribution in [-0.4, -0.2) is 23.9 Å². The molecule has 0 radical (unpaired) electrons. The standard InChI is InChI=1S/C12H18ClN3/c1-9(2)15-12(14)16(3)8-10-4-6-11(13)7-5-10/h4-7,9H,8H2,1-3H3,(H2,14,15). The number of hydrogen-bond donors (Lipinski definition) is 1. The van der Waals surface area contributed by atoms with Gasteiger partial charge in [0.2, 0.25) is 0 Å². The Morgan fingerprint density at radius 1 is 1.38 bits per heavy atom. The summed E-state index contributed by atoms with van der Waals surface area (Å²) >= 11 is 5.82.